The summed E-state index contributed by atoms with van der Waals surface area (Å²) in [6.45, 7) is 0. The molecule has 0 aromatic heterocycles. The van der Waals surface area contributed by atoms with Gasteiger partial charge in [0, 0.05) is 16.3 Å². The Morgan fingerprint density at radius 2 is 1.80 bits per heavy atom. The lowest BCUT2D eigenvalue weighted by Crippen LogP contribution is -2.09. The molecule has 0 aliphatic heterocycles. The van der Waals surface area contributed by atoms with Gasteiger partial charge in [-0.1, -0.05) is 50.7 Å². The maximum absolute atomic E-state index is 11.4. The summed E-state index contributed by atoms with van der Waals surface area (Å²) in [5.74, 6) is 0. The molecule has 7 heteroatoms. The molecule has 0 aliphatic rings. The number of hydrogen-bond donors (Lipinski definition) is 0. The SMILES string of the molecule is CS(=O)(=O)c1ccc(Br)cc1C(Cl)(Cl)Cl. The van der Waals surface area contributed by atoms with Crippen LogP contribution in [-0.4, -0.2) is 14.7 Å². The molecular weight excluding hydrogens is 346 g/mol. The Morgan fingerprint density at radius 3 is 2.20 bits per heavy atom. The van der Waals surface area contributed by atoms with Crippen LogP contribution in [0.1, 0.15) is 5.56 Å². The molecule has 0 fully saturated rings. The molecule has 0 spiro atoms. The fourth-order valence-electron chi connectivity index (χ4n) is 1.05. The van der Waals surface area contributed by atoms with Crippen LogP contribution < -0.4 is 0 Å². The third-order valence-corrected chi connectivity index (χ3v) is 3.91. The highest BCUT2D eigenvalue weighted by molar-refractivity contribution is 9.10. The van der Waals surface area contributed by atoms with Crippen LogP contribution in [0.4, 0.5) is 0 Å². The zero-order chi connectivity index (χ0) is 11.9. The first-order chi connectivity index (χ1) is 6.62. The van der Waals surface area contributed by atoms with Crippen molar-refractivity contribution in [3.63, 3.8) is 0 Å². The lowest BCUT2D eigenvalue weighted by atomic mass is 10.2. The molecule has 0 unspecified atom stereocenters. The minimum absolute atomic E-state index is 0.0192. The summed E-state index contributed by atoms with van der Waals surface area (Å²) < 4.78 is 21.7. The summed E-state index contributed by atoms with van der Waals surface area (Å²) in [6.07, 6.45) is 1.07. The van der Waals surface area contributed by atoms with E-state index in [0.717, 1.165) is 6.26 Å². The van der Waals surface area contributed by atoms with Crippen LogP contribution in [0, 0.1) is 0 Å². The van der Waals surface area contributed by atoms with Gasteiger partial charge in [0.1, 0.15) is 0 Å². The maximum Gasteiger partial charge on any atom is 0.217 e. The first kappa shape index (κ1) is 13.6. The largest absolute Gasteiger partial charge is 0.224 e. The van der Waals surface area contributed by atoms with Gasteiger partial charge < -0.3 is 0 Å². The van der Waals surface area contributed by atoms with Crippen LogP contribution >= 0.6 is 50.7 Å². The Morgan fingerprint density at radius 1 is 1.27 bits per heavy atom. The van der Waals surface area contributed by atoms with E-state index < -0.39 is 13.6 Å². The Balaban J connectivity index is 3.55. The minimum Gasteiger partial charge on any atom is -0.224 e. The molecule has 0 radical (unpaired) electrons. The number of rotatable bonds is 1. The molecule has 0 saturated heterocycles. The average Bonchev–Trinajstić information content (AvgIpc) is 2.00. The molecule has 1 rings (SSSR count). The third-order valence-electron chi connectivity index (χ3n) is 1.65. The van der Waals surface area contributed by atoms with E-state index in [0.29, 0.717) is 4.47 Å². The predicted molar refractivity (Wildman–Crippen MR) is 66.5 cm³/mol. The van der Waals surface area contributed by atoms with Crippen LogP contribution in [0.2, 0.25) is 0 Å². The Labute approximate surface area is 112 Å². The third kappa shape index (κ3) is 3.49. The second-order valence-corrected chi connectivity index (χ2v) is 8.09. The fraction of sp³-hybridized carbons (Fsp3) is 0.250. The van der Waals surface area contributed by atoms with Gasteiger partial charge in [-0.05, 0) is 18.2 Å². The van der Waals surface area contributed by atoms with E-state index >= 15 is 0 Å². The van der Waals surface area contributed by atoms with E-state index in [9.17, 15) is 8.42 Å². The highest BCUT2D eigenvalue weighted by atomic mass is 79.9. The van der Waals surface area contributed by atoms with Crippen LogP contribution in [0.3, 0.4) is 0 Å². The minimum atomic E-state index is -3.41. The molecule has 0 aliphatic carbocycles. The first-order valence-corrected chi connectivity index (χ1v) is 7.51. The van der Waals surface area contributed by atoms with Crippen molar-refractivity contribution in [3.8, 4) is 0 Å². The number of halogens is 4. The molecule has 1 aromatic carbocycles. The maximum atomic E-state index is 11.4. The number of hydrogen-bond acceptors (Lipinski definition) is 2. The van der Waals surface area contributed by atoms with Crippen molar-refractivity contribution in [3.05, 3.63) is 28.2 Å². The predicted octanol–water partition coefficient (Wildman–Crippen LogP) is 3.68. The van der Waals surface area contributed by atoms with E-state index in [4.69, 9.17) is 34.8 Å². The van der Waals surface area contributed by atoms with Crippen molar-refractivity contribution in [1.82, 2.24) is 0 Å². The highest BCUT2D eigenvalue weighted by Gasteiger charge is 2.29. The number of benzene rings is 1. The van der Waals surface area contributed by atoms with Gasteiger partial charge in [0.05, 0.1) is 4.90 Å². The monoisotopic (exact) mass is 350 g/mol. The lowest BCUT2D eigenvalue weighted by Gasteiger charge is -2.15. The van der Waals surface area contributed by atoms with Gasteiger partial charge in [0.15, 0.2) is 9.84 Å². The van der Waals surface area contributed by atoms with Crippen LogP contribution in [0.15, 0.2) is 27.6 Å². The summed E-state index contributed by atoms with van der Waals surface area (Å²) in [5, 5.41) is 0. The summed E-state index contributed by atoms with van der Waals surface area (Å²) in [6, 6.07) is 4.45. The Hall–Kier alpha value is 0.520. The van der Waals surface area contributed by atoms with Crippen molar-refractivity contribution in [2.45, 2.75) is 8.69 Å². The molecule has 0 saturated carbocycles. The van der Waals surface area contributed by atoms with Crippen molar-refractivity contribution >= 4 is 60.6 Å². The van der Waals surface area contributed by atoms with Crippen LogP contribution in [0.5, 0.6) is 0 Å². The summed E-state index contributed by atoms with van der Waals surface area (Å²) >= 11 is 20.2. The quantitative estimate of drug-likeness (QED) is 0.723. The van der Waals surface area contributed by atoms with Crippen molar-refractivity contribution in [1.29, 1.82) is 0 Å². The zero-order valence-corrected chi connectivity index (χ0v) is 12.1. The van der Waals surface area contributed by atoms with Gasteiger partial charge >= 0.3 is 0 Å². The van der Waals surface area contributed by atoms with E-state index in [2.05, 4.69) is 15.9 Å². The number of sulfone groups is 1. The molecular formula is C8H6BrCl3O2S. The van der Waals surface area contributed by atoms with E-state index in [-0.39, 0.29) is 10.5 Å². The van der Waals surface area contributed by atoms with Gasteiger partial charge in [-0.3, -0.25) is 0 Å². The second kappa shape index (κ2) is 4.41. The van der Waals surface area contributed by atoms with E-state index in [1.165, 1.54) is 12.1 Å². The average molecular weight is 352 g/mol. The van der Waals surface area contributed by atoms with E-state index in [1.807, 2.05) is 0 Å². The molecule has 1 aromatic rings. The highest BCUT2D eigenvalue weighted by Crippen LogP contribution is 2.42. The van der Waals surface area contributed by atoms with Gasteiger partial charge in [-0.15, -0.1) is 0 Å². The molecule has 0 heterocycles. The standard InChI is InChI=1S/C8H6BrCl3O2S/c1-15(13,14)7-3-2-5(9)4-6(7)8(10,11)12/h2-4H,1H3. The van der Waals surface area contributed by atoms with E-state index in [1.54, 1.807) is 6.07 Å². The summed E-state index contributed by atoms with van der Waals surface area (Å²) in [4.78, 5) is 0.0192. The first-order valence-electron chi connectivity index (χ1n) is 3.69. The summed E-state index contributed by atoms with van der Waals surface area (Å²) in [7, 11) is -3.41. The van der Waals surface area contributed by atoms with Crippen molar-refractivity contribution < 1.29 is 8.42 Å². The molecule has 0 amide bonds. The molecule has 0 bridgehead atoms. The van der Waals surface area contributed by atoms with Crippen LogP contribution in [-0.2, 0) is 13.6 Å². The fourth-order valence-corrected chi connectivity index (χ4v) is 2.97. The topological polar surface area (TPSA) is 34.1 Å². The normalized spacial score (nSPS) is 12.9. The van der Waals surface area contributed by atoms with Crippen molar-refractivity contribution in [2.75, 3.05) is 6.26 Å². The molecule has 15 heavy (non-hydrogen) atoms. The Bertz CT molecular complexity index is 479. The molecule has 0 atom stereocenters. The summed E-state index contributed by atoms with van der Waals surface area (Å²) in [5.41, 5.74) is 0.143. The van der Waals surface area contributed by atoms with Crippen molar-refractivity contribution in [2.24, 2.45) is 0 Å². The van der Waals surface area contributed by atoms with Gasteiger partial charge in [0.25, 0.3) is 0 Å². The molecule has 84 valence electrons. The molecule has 2 nitrogen and oxygen atoms in total. The van der Waals surface area contributed by atoms with Gasteiger partial charge in [-0.2, -0.15) is 0 Å². The number of alkyl halides is 3. The van der Waals surface area contributed by atoms with Gasteiger partial charge in [0.2, 0.25) is 3.79 Å². The lowest BCUT2D eigenvalue weighted by molar-refractivity contribution is 0.601. The smallest absolute Gasteiger partial charge is 0.217 e. The zero-order valence-electron chi connectivity index (χ0n) is 7.47. The van der Waals surface area contributed by atoms with Gasteiger partial charge in [-0.25, -0.2) is 8.42 Å². The second-order valence-electron chi connectivity index (χ2n) is 2.91. The molecule has 0 N–H and O–H groups in total. The van der Waals surface area contributed by atoms with Crippen LogP contribution in [0.25, 0.3) is 0 Å². The Kier molecular flexibility index (Phi) is 4.00.